The lowest BCUT2D eigenvalue weighted by molar-refractivity contribution is 0.0980. The average Bonchev–Trinajstić information content (AvgIpc) is 2.56. The number of hydrogen-bond acceptors (Lipinski definition) is 4. The van der Waals surface area contributed by atoms with E-state index >= 15 is 0 Å². The Hall–Kier alpha value is -0.690. The summed E-state index contributed by atoms with van der Waals surface area (Å²) >= 11 is 3.19. The van der Waals surface area contributed by atoms with E-state index in [9.17, 15) is 13.2 Å². The van der Waals surface area contributed by atoms with Gasteiger partial charge in [0.25, 0.3) is 0 Å². The van der Waals surface area contributed by atoms with Gasteiger partial charge in [-0.05, 0) is 29.8 Å². The number of aryl methyl sites for hydroxylation is 1. The van der Waals surface area contributed by atoms with Crippen molar-refractivity contribution in [3.63, 3.8) is 0 Å². The van der Waals surface area contributed by atoms with Crippen LogP contribution >= 0.6 is 15.9 Å². The molecule has 7 heteroatoms. The molecule has 0 N–H and O–H groups in total. The Balaban J connectivity index is 3.20. The lowest BCUT2D eigenvalue weighted by Gasteiger charge is -2.09. The van der Waals surface area contributed by atoms with Gasteiger partial charge in [-0.2, -0.15) is 5.10 Å². The maximum Gasteiger partial charge on any atom is 0.199 e. The second-order valence-electron chi connectivity index (χ2n) is 3.49. The summed E-state index contributed by atoms with van der Waals surface area (Å²) in [6, 6.07) is 0. The third kappa shape index (κ3) is 2.52. The molecule has 1 heterocycles. The molecule has 0 fully saturated rings. The van der Waals surface area contributed by atoms with Gasteiger partial charge in [0.15, 0.2) is 15.6 Å². The molecular formula is C9H13BrN2O3S. The van der Waals surface area contributed by atoms with Crippen LogP contribution in [0.2, 0.25) is 0 Å². The topological polar surface area (TPSA) is 69.0 Å². The van der Waals surface area contributed by atoms with Crippen LogP contribution in [0, 0.1) is 0 Å². The smallest absolute Gasteiger partial charge is 0.199 e. The summed E-state index contributed by atoms with van der Waals surface area (Å²) < 4.78 is 24.6. The molecule has 0 aliphatic rings. The fourth-order valence-electron chi connectivity index (χ4n) is 1.23. The molecule has 0 radical (unpaired) electrons. The van der Waals surface area contributed by atoms with Crippen LogP contribution in [-0.4, -0.2) is 35.5 Å². The van der Waals surface area contributed by atoms with Crippen LogP contribution in [0.1, 0.15) is 24.3 Å². The van der Waals surface area contributed by atoms with Crippen LogP contribution < -0.4 is 0 Å². The van der Waals surface area contributed by atoms with Crippen LogP contribution in [0.25, 0.3) is 0 Å². The molecule has 0 saturated heterocycles. The van der Waals surface area contributed by atoms with Crippen molar-refractivity contribution < 1.29 is 13.2 Å². The van der Waals surface area contributed by atoms with Crippen LogP contribution in [0.3, 0.4) is 0 Å². The van der Waals surface area contributed by atoms with E-state index in [1.54, 1.807) is 0 Å². The van der Waals surface area contributed by atoms with Crippen molar-refractivity contribution in [2.75, 3.05) is 6.26 Å². The van der Waals surface area contributed by atoms with Gasteiger partial charge in [-0.15, -0.1) is 0 Å². The van der Waals surface area contributed by atoms with E-state index < -0.39 is 20.9 Å². The molecule has 0 bridgehead atoms. The molecule has 0 spiro atoms. The number of sulfone groups is 1. The second-order valence-corrected chi connectivity index (χ2v) is 6.71. The first-order chi connectivity index (χ1) is 7.29. The number of ketones is 1. The predicted molar refractivity (Wildman–Crippen MR) is 64.2 cm³/mol. The molecule has 1 rings (SSSR count). The number of nitrogens with zero attached hydrogens (tertiary/aromatic N) is 2. The lowest BCUT2D eigenvalue weighted by atomic mass is 10.2. The molecule has 90 valence electrons. The Bertz CT molecular complexity index is 507. The van der Waals surface area contributed by atoms with Crippen molar-refractivity contribution in [3.8, 4) is 0 Å². The molecule has 0 saturated carbocycles. The monoisotopic (exact) mass is 308 g/mol. The summed E-state index contributed by atoms with van der Waals surface area (Å²) in [5.41, 5.74) is 0.306. The summed E-state index contributed by atoms with van der Waals surface area (Å²) in [6.45, 7) is 3.74. The zero-order chi connectivity index (χ0) is 12.5. The summed E-state index contributed by atoms with van der Waals surface area (Å²) in [6.07, 6.45) is 2.54. The van der Waals surface area contributed by atoms with Crippen LogP contribution in [0.5, 0.6) is 0 Å². The first-order valence-corrected chi connectivity index (χ1v) is 7.48. The Labute approximate surface area is 103 Å². The minimum atomic E-state index is -3.38. The third-order valence-corrected chi connectivity index (χ3v) is 4.42. The van der Waals surface area contributed by atoms with E-state index in [4.69, 9.17) is 0 Å². The van der Waals surface area contributed by atoms with E-state index in [1.165, 1.54) is 17.8 Å². The van der Waals surface area contributed by atoms with Crippen LogP contribution in [0.4, 0.5) is 0 Å². The summed E-state index contributed by atoms with van der Waals surface area (Å²) in [5.74, 6) is -0.436. The van der Waals surface area contributed by atoms with Gasteiger partial charge in [-0.3, -0.25) is 9.48 Å². The number of carbonyl (C=O) groups excluding carboxylic acids is 1. The normalized spacial score (nSPS) is 13.8. The first-order valence-electron chi connectivity index (χ1n) is 4.73. The average molecular weight is 309 g/mol. The van der Waals surface area contributed by atoms with Crippen LogP contribution in [0.15, 0.2) is 10.7 Å². The highest BCUT2D eigenvalue weighted by atomic mass is 79.9. The van der Waals surface area contributed by atoms with Gasteiger partial charge in [-0.1, -0.05) is 0 Å². The molecule has 0 aliphatic carbocycles. The van der Waals surface area contributed by atoms with Gasteiger partial charge in [0.05, 0.1) is 10.7 Å². The highest BCUT2D eigenvalue weighted by Gasteiger charge is 2.28. The van der Waals surface area contributed by atoms with Crippen molar-refractivity contribution in [2.24, 2.45) is 0 Å². The molecule has 0 amide bonds. The zero-order valence-electron chi connectivity index (χ0n) is 9.27. The number of hydrogen-bond donors (Lipinski definition) is 0. The molecule has 5 nitrogen and oxygen atoms in total. The lowest BCUT2D eigenvalue weighted by Crippen LogP contribution is -2.28. The minimum Gasteiger partial charge on any atom is -0.291 e. The van der Waals surface area contributed by atoms with E-state index in [1.807, 2.05) is 6.92 Å². The first kappa shape index (κ1) is 13.4. The van der Waals surface area contributed by atoms with Gasteiger partial charge < -0.3 is 0 Å². The molecule has 1 aromatic rings. The summed E-state index contributed by atoms with van der Waals surface area (Å²) in [5, 5.41) is 2.92. The Morgan fingerprint density at radius 2 is 2.19 bits per heavy atom. The van der Waals surface area contributed by atoms with E-state index in [0.717, 1.165) is 6.26 Å². The van der Waals surface area contributed by atoms with E-state index in [0.29, 0.717) is 16.7 Å². The second kappa shape index (κ2) is 4.67. The van der Waals surface area contributed by atoms with Gasteiger partial charge in [0.2, 0.25) is 0 Å². The van der Waals surface area contributed by atoms with E-state index in [-0.39, 0.29) is 0 Å². The highest BCUT2D eigenvalue weighted by Crippen LogP contribution is 2.19. The number of aromatic nitrogens is 2. The Morgan fingerprint density at radius 1 is 1.62 bits per heavy atom. The van der Waals surface area contributed by atoms with Crippen molar-refractivity contribution in [1.82, 2.24) is 9.78 Å². The fraction of sp³-hybridized carbons (Fsp3) is 0.556. The summed E-state index contributed by atoms with van der Waals surface area (Å²) in [4.78, 5) is 12.0. The molecule has 16 heavy (non-hydrogen) atoms. The fourth-order valence-corrected chi connectivity index (χ4v) is 2.23. The quantitative estimate of drug-likeness (QED) is 0.786. The minimum absolute atomic E-state index is 0.306. The van der Waals surface area contributed by atoms with Crippen LogP contribution in [-0.2, 0) is 16.4 Å². The van der Waals surface area contributed by atoms with Crippen molar-refractivity contribution in [3.05, 3.63) is 16.4 Å². The molecule has 1 atom stereocenters. The van der Waals surface area contributed by atoms with E-state index in [2.05, 4.69) is 21.0 Å². The van der Waals surface area contributed by atoms with Gasteiger partial charge >= 0.3 is 0 Å². The molecule has 0 aliphatic heterocycles. The van der Waals surface area contributed by atoms with Crippen molar-refractivity contribution >= 4 is 31.6 Å². The SMILES string of the molecule is CCn1ncc(Br)c1C(=O)C(C)S(C)(=O)=O. The maximum absolute atomic E-state index is 12.0. The van der Waals surface area contributed by atoms with Gasteiger partial charge in [0.1, 0.15) is 10.9 Å². The molecule has 0 aromatic carbocycles. The molecule has 1 aromatic heterocycles. The van der Waals surface area contributed by atoms with Crippen molar-refractivity contribution in [2.45, 2.75) is 25.6 Å². The Kier molecular flexibility index (Phi) is 3.90. The van der Waals surface area contributed by atoms with Gasteiger partial charge in [-0.25, -0.2) is 8.42 Å². The maximum atomic E-state index is 12.0. The number of Topliss-reactive ketones (excluding diaryl/α,β-unsaturated/α-hetero) is 1. The third-order valence-electron chi connectivity index (χ3n) is 2.34. The largest absolute Gasteiger partial charge is 0.291 e. The molecule has 1 unspecified atom stereocenters. The molecular weight excluding hydrogens is 296 g/mol. The van der Waals surface area contributed by atoms with Gasteiger partial charge in [0, 0.05) is 12.8 Å². The number of rotatable bonds is 4. The number of halogens is 1. The van der Waals surface area contributed by atoms with Crippen molar-refractivity contribution in [1.29, 1.82) is 0 Å². The summed E-state index contributed by atoms with van der Waals surface area (Å²) in [7, 11) is -3.38. The standard InChI is InChI=1S/C9H13BrN2O3S/c1-4-12-8(7(10)5-11-12)9(13)6(2)16(3,14)15/h5-6H,4H2,1-3H3. The predicted octanol–water partition coefficient (Wildman–Crippen LogP) is 1.28. The highest BCUT2D eigenvalue weighted by molar-refractivity contribution is 9.10. The zero-order valence-corrected chi connectivity index (χ0v) is 11.7. The Morgan fingerprint density at radius 3 is 2.62 bits per heavy atom. The number of carbonyl (C=O) groups is 1.